The predicted octanol–water partition coefficient (Wildman–Crippen LogP) is 1.87. The van der Waals surface area contributed by atoms with Crippen LogP contribution in [0.3, 0.4) is 0 Å². The van der Waals surface area contributed by atoms with Crippen LogP contribution in [0, 0.1) is 0 Å². The van der Waals surface area contributed by atoms with Gasteiger partial charge < -0.3 is 15.2 Å². The molecule has 0 amide bonds. The van der Waals surface area contributed by atoms with Gasteiger partial charge in [-0.05, 0) is 27.0 Å². The molecule has 0 saturated heterocycles. The number of nitrogens with one attached hydrogen (secondary N) is 2. The first-order valence-electron chi connectivity index (χ1n) is 6.04. The second-order valence-electron chi connectivity index (χ2n) is 4.50. The molecule has 0 aliphatic heterocycles. The molecule has 1 rings (SSSR count). The molecule has 5 nitrogen and oxygen atoms in total. The Labute approximate surface area is 113 Å². The molecule has 1 aromatic heterocycles. The smallest absolute Gasteiger partial charge is 0.191 e. The molecule has 0 radical (unpaired) electrons. The summed E-state index contributed by atoms with van der Waals surface area (Å²) in [7, 11) is 0. The fourth-order valence-corrected chi connectivity index (χ4v) is 1.41. The summed E-state index contributed by atoms with van der Waals surface area (Å²) in [6.07, 6.45) is 3.67. The van der Waals surface area contributed by atoms with E-state index in [0.29, 0.717) is 6.54 Å². The number of thioether (sulfide) groups is 1. The highest BCUT2D eigenvalue weighted by atomic mass is 32.2. The number of hydrogen-bond donors (Lipinski definition) is 2. The first-order chi connectivity index (χ1) is 8.57. The van der Waals surface area contributed by atoms with E-state index in [1.807, 2.05) is 24.8 Å². The van der Waals surface area contributed by atoms with Gasteiger partial charge in [0.15, 0.2) is 5.96 Å². The molecule has 18 heavy (non-hydrogen) atoms. The maximum absolute atomic E-state index is 4.77. The fourth-order valence-electron chi connectivity index (χ4n) is 1.19. The van der Waals surface area contributed by atoms with E-state index in [-0.39, 0.29) is 4.75 Å². The van der Waals surface area contributed by atoms with Crippen molar-refractivity contribution in [1.29, 1.82) is 0 Å². The largest absolute Gasteiger partial charge is 0.364 e. The summed E-state index contributed by atoms with van der Waals surface area (Å²) in [5.74, 6) is 0.808. The highest BCUT2D eigenvalue weighted by molar-refractivity contribution is 7.99. The van der Waals surface area contributed by atoms with Gasteiger partial charge in [0.2, 0.25) is 0 Å². The predicted molar refractivity (Wildman–Crippen MR) is 76.9 cm³/mol. The van der Waals surface area contributed by atoms with Crippen molar-refractivity contribution >= 4 is 17.7 Å². The second kappa shape index (κ2) is 7.31. The Morgan fingerprint density at radius 2 is 2.28 bits per heavy atom. The Hall–Kier alpha value is -1.17. The van der Waals surface area contributed by atoms with E-state index in [4.69, 9.17) is 4.52 Å². The average Bonchev–Trinajstić information content (AvgIpc) is 2.86. The number of nitrogens with zero attached hydrogens (tertiary/aromatic N) is 2. The van der Waals surface area contributed by atoms with Crippen LogP contribution in [0.5, 0.6) is 0 Å². The van der Waals surface area contributed by atoms with Crippen LogP contribution in [0.4, 0.5) is 0 Å². The third kappa shape index (κ3) is 5.44. The SMILES string of the molecule is CCNC(=NCc1ccon1)NCC(C)(C)SC. The first kappa shape index (κ1) is 14.9. The monoisotopic (exact) mass is 270 g/mol. The van der Waals surface area contributed by atoms with E-state index in [2.05, 4.69) is 40.9 Å². The molecule has 1 heterocycles. The van der Waals surface area contributed by atoms with Crippen LogP contribution in [-0.4, -0.2) is 35.2 Å². The van der Waals surface area contributed by atoms with Crippen molar-refractivity contribution in [2.24, 2.45) is 4.99 Å². The topological polar surface area (TPSA) is 62.5 Å². The number of guanidine groups is 1. The van der Waals surface area contributed by atoms with Crippen LogP contribution in [0.1, 0.15) is 26.5 Å². The number of aliphatic imine (C=N–C) groups is 1. The number of rotatable bonds is 6. The average molecular weight is 270 g/mol. The molecule has 0 bridgehead atoms. The molecule has 6 heteroatoms. The lowest BCUT2D eigenvalue weighted by Crippen LogP contribution is -2.43. The fraction of sp³-hybridized carbons (Fsp3) is 0.667. The summed E-state index contributed by atoms with van der Waals surface area (Å²) >= 11 is 1.83. The third-order valence-corrected chi connectivity index (χ3v) is 3.72. The molecule has 0 fully saturated rings. The Balaban J connectivity index is 2.51. The quantitative estimate of drug-likeness (QED) is 0.610. The van der Waals surface area contributed by atoms with Crippen molar-refractivity contribution in [2.75, 3.05) is 19.3 Å². The van der Waals surface area contributed by atoms with Crippen molar-refractivity contribution in [3.8, 4) is 0 Å². The van der Waals surface area contributed by atoms with Crippen LogP contribution in [0.25, 0.3) is 0 Å². The molecule has 2 N–H and O–H groups in total. The first-order valence-corrected chi connectivity index (χ1v) is 7.26. The Kier molecular flexibility index (Phi) is 6.04. The molecular formula is C12H22N4OS. The lowest BCUT2D eigenvalue weighted by atomic mass is 10.2. The minimum atomic E-state index is 0.185. The van der Waals surface area contributed by atoms with Crippen LogP contribution < -0.4 is 10.6 Å². The zero-order chi connectivity index (χ0) is 13.4. The zero-order valence-corrected chi connectivity index (χ0v) is 12.3. The van der Waals surface area contributed by atoms with E-state index in [0.717, 1.165) is 24.7 Å². The van der Waals surface area contributed by atoms with Crippen LogP contribution >= 0.6 is 11.8 Å². The third-order valence-electron chi connectivity index (χ3n) is 2.47. The van der Waals surface area contributed by atoms with Crippen LogP contribution in [0.15, 0.2) is 21.8 Å². The molecule has 0 aliphatic rings. The van der Waals surface area contributed by atoms with Gasteiger partial charge >= 0.3 is 0 Å². The van der Waals surface area contributed by atoms with Gasteiger partial charge in [-0.25, -0.2) is 4.99 Å². The Morgan fingerprint density at radius 1 is 1.50 bits per heavy atom. The van der Waals surface area contributed by atoms with Gasteiger partial charge in [-0.3, -0.25) is 0 Å². The van der Waals surface area contributed by atoms with Crippen molar-refractivity contribution < 1.29 is 4.52 Å². The van der Waals surface area contributed by atoms with Gasteiger partial charge in [0, 0.05) is 23.9 Å². The van der Waals surface area contributed by atoms with Gasteiger partial charge in [0.25, 0.3) is 0 Å². The number of hydrogen-bond acceptors (Lipinski definition) is 4. The maximum atomic E-state index is 4.77. The van der Waals surface area contributed by atoms with E-state index in [1.165, 1.54) is 0 Å². The summed E-state index contributed by atoms with van der Waals surface area (Å²) in [5.41, 5.74) is 0.830. The lowest BCUT2D eigenvalue weighted by Gasteiger charge is -2.23. The van der Waals surface area contributed by atoms with Gasteiger partial charge in [0.05, 0.1) is 6.54 Å². The highest BCUT2D eigenvalue weighted by Gasteiger charge is 2.16. The summed E-state index contributed by atoms with van der Waals surface area (Å²) in [6, 6.07) is 1.82. The molecule has 1 aromatic rings. The van der Waals surface area contributed by atoms with Gasteiger partial charge in [-0.2, -0.15) is 11.8 Å². The van der Waals surface area contributed by atoms with Crippen molar-refractivity contribution in [3.63, 3.8) is 0 Å². The molecule has 0 aliphatic carbocycles. The number of aromatic nitrogens is 1. The molecule has 0 spiro atoms. The van der Waals surface area contributed by atoms with Crippen molar-refractivity contribution in [1.82, 2.24) is 15.8 Å². The van der Waals surface area contributed by atoms with Crippen LogP contribution in [0.2, 0.25) is 0 Å². The van der Waals surface area contributed by atoms with E-state index >= 15 is 0 Å². The molecular weight excluding hydrogens is 248 g/mol. The minimum absolute atomic E-state index is 0.185. The highest BCUT2D eigenvalue weighted by Crippen LogP contribution is 2.19. The van der Waals surface area contributed by atoms with Crippen molar-refractivity contribution in [2.45, 2.75) is 32.1 Å². The van der Waals surface area contributed by atoms with Crippen LogP contribution in [-0.2, 0) is 6.54 Å². The lowest BCUT2D eigenvalue weighted by molar-refractivity contribution is 0.412. The summed E-state index contributed by atoms with van der Waals surface area (Å²) < 4.78 is 4.96. The standard InChI is InChI=1S/C12H22N4OS/c1-5-13-11(15-9-12(2,3)18-4)14-8-10-6-7-17-16-10/h6-7H,5,8-9H2,1-4H3,(H2,13,14,15). The molecule has 102 valence electrons. The molecule has 0 aromatic carbocycles. The maximum Gasteiger partial charge on any atom is 0.191 e. The van der Waals surface area contributed by atoms with E-state index in [1.54, 1.807) is 6.26 Å². The van der Waals surface area contributed by atoms with E-state index in [9.17, 15) is 0 Å². The summed E-state index contributed by atoms with van der Waals surface area (Å²) in [4.78, 5) is 4.46. The van der Waals surface area contributed by atoms with Gasteiger partial charge in [-0.15, -0.1) is 0 Å². The van der Waals surface area contributed by atoms with Crippen molar-refractivity contribution in [3.05, 3.63) is 18.0 Å². The minimum Gasteiger partial charge on any atom is -0.364 e. The second-order valence-corrected chi connectivity index (χ2v) is 6.02. The van der Waals surface area contributed by atoms with Gasteiger partial charge in [-0.1, -0.05) is 5.16 Å². The zero-order valence-electron chi connectivity index (χ0n) is 11.5. The summed E-state index contributed by atoms with van der Waals surface area (Å²) in [6.45, 7) is 8.67. The normalized spacial score (nSPS) is 12.6. The summed E-state index contributed by atoms with van der Waals surface area (Å²) in [5, 5.41) is 10.4. The van der Waals surface area contributed by atoms with E-state index < -0.39 is 0 Å². The Bertz CT molecular complexity index is 362. The van der Waals surface area contributed by atoms with Gasteiger partial charge in [0.1, 0.15) is 12.0 Å². The Morgan fingerprint density at radius 3 is 2.83 bits per heavy atom. The molecule has 0 atom stereocenters. The molecule has 0 unspecified atom stereocenters. The molecule has 0 saturated carbocycles.